The molecule has 0 radical (unpaired) electrons. The number of carbonyl (C=O) groups excluding carboxylic acids is 2. The SMILES string of the molecule is CC(C=O)c1cc(S)cc(C=O)c1. The first kappa shape index (κ1) is 9.99. The van der Waals surface area contributed by atoms with Crippen LogP contribution in [0.3, 0.4) is 0 Å². The van der Waals surface area contributed by atoms with Gasteiger partial charge in [-0.1, -0.05) is 6.92 Å². The molecule has 2 nitrogen and oxygen atoms in total. The summed E-state index contributed by atoms with van der Waals surface area (Å²) in [5.74, 6) is -0.189. The Hall–Kier alpha value is -1.09. The number of hydrogen-bond acceptors (Lipinski definition) is 3. The average molecular weight is 194 g/mol. The number of hydrogen-bond donors (Lipinski definition) is 1. The van der Waals surface area contributed by atoms with Gasteiger partial charge in [0.25, 0.3) is 0 Å². The van der Waals surface area contributed by atoms with Crippen LogP contribution in [0.15, 0.2) is 23.1 Å². The zero-order valence-corrected chi connectivity index (χ0v) is 8.12. The van der Waals surface area contributed by atoms with Crippen molar-refractivity contribution in [3.05, 3.63) is 29.3 Å². The van der Waals surface area contributed by atoms with E-state index in [0.717, 1.165) is 18.1 Å². The van der Waals surface area contributed by atoms with Crippen molar-refractivity contribution < 1.29 is 9.59 Å². The van der Waals surface area contributed by atoms with Crippen molar-refractivity contribution in [2.45, 2.75) is 17.7 Å². The maximum absolute atomic E-state index is 10.5. The van der Waals surface area contributed by atoms with Crippen molar-refractivity contribution in [1.29, 1.82) is 0 Å². The maximum Gasteiger partial charge on any atom is 0.150 e. The van der Waals surface area contributed by atoms with Gasteiger partial charge in [-0.3, -0.25) is 4.79 Å². The molecule has 0 aliphatic carbocycles. The molecule has 0 fully saturated rings. The van der Waals surface area contributed by atoms with Crippen molar-refractivity contribution in [3.63, 3.8) is 0 Å². The third kappa shape index (κ3) is 2.42. The van der Waals surface area contributed by atoms with Crippen molar-refractivity contribution >= 4 is 25.2 Å². The Balaban J connectivity index is 3.14. The van der Waals surface area contributed by atoms with Crippen LogP contribution in [-0.4, -0.2) is 12.6 Å². The van der Waals surface area contributed by atoms with E-state index >= 15 is 0 Å². The molecule has 1 aromatic carbocycles. The zero-order valence-electron chi connectivity index (χ0n) is 7.23. The van der Waals surface area contributed by atoms with E-state index in [0.29, 0.717) is 10.5 Å². The normalized spacial score (nSPS) is 12.2. The van der Waals surface area contributed by atoms with Crippen LogP contribution in [-0.2, 0) is 4.79 Å². The second-order valence-electron chi connectivity index (χ2n) is 2.90. The van der Waals surface area contributed by atoms with Crippen LogP contribution >= 0.6 is 12.6 Å². The summed E-state index contributed by atoms with van der Waals surface area (Å²) >= 11 is 4.14. The first-order valence-corrected chi connectivity index (χ1v) is 4.36. The molecule has 68 valence electrons. The highest BCUT2D eigenvalue weighted by Gasteiger charge is 2.05. The topological polar surface area (TPSA) is 34.1 Å². The third-order valence-electron chi connectivity index (χ3n) is 1.83. The molecule has 1 rings (SSSR count). The van der Waals surface area contributed by atoms with Crippen LogP contribution < -0.4 is 0 Å². The van der Waals surface area contributed by atoms with Crippen molar-refractivity contribution in [2.24, 2.45) is 0 Å². The van der Waals surface area contributed by atoms with E-state index in [9.17, 15) is 9.59 Å². The van der Waals surface area contributed by atoms with Crippen LogP contribution in [0.25, 0.3) is 0 Å². The Kier molecular flexibility index (Phi) is 3.25. The summed E-state index contributed by atoms with van der Waals surface area (Å²) in [6, 6.07) is 5.15. The van der Waals surface area contributed by atoms with Crippen LogP contribution in [0, 0.1) is 0 Å². The molecule has 1 aromatic rings. The highest BCUT2D eigenvalue weighted by Crippen LogP contribution is 2.18. The van der Waals surface area contributed by atoms with Crippen molar-refractivity contribution in [3.8, 4) is 0 Å². The van der Waals surface area contributed by atoms with Gasteiger partial charge in [0.05, 0.1) is 0 Å². The fourth-order valence-electron chi connectivity index (χ4n) is 1.07. The van der Waals surface area contributed by atoms with Crippen LogP contribution in [0.1, 0.15) is 28.8 Å². The van der Waals surface area contributed by atoms with Crippen molar-refractivity contribution in [1.82, 2.24) is 0 Å². The molecule has 0 N–H and O–H groups in total. The fraction of sp³-hybridized carbons (Fsp3) is 0.200. The molecule has 0 aliphatic heterocycles. The molecule has 0 saturated heterocycles. The highest BCUT2D eigenvalue weighted by atomic mass is 32.1. The molecule has 0 aromatic heterocycles. The van der Waals surface area contributed by atoms with Gasteiger partial charge >= 0.3 is 0 Å². The van der Waals surface area contributed by atoms with Crippen LogP contribution in [0.4, 0.5) is 0 Å². The van der Waals surface area contributed by atoms with Gasteiger partial charge in [0.2, 0.25) is 0 Å². The zero-order chi connectivity index (χ0) is 9.84. The molecule has 0 bridgehead atoms. The van der Waals surface area contributed by atoms with Crippen LogP contribution in [0.2, 0.25) is 0 Å². The van der Waals surface area contributed by atoms with E-state index in [1.807, 2.05) is 0 Å². The molecule has 0 saturated carbocycles. The van der Waals surface area contributed by atoms with E-state index in [1.165, 1.54) is 0 Å². The first-order chi connectivity index (χ1) is 6.17. The summed E-state index contributed by atoms with van der Waals surface area (Å²) in [5, 5.41) is 0. The number of thiol groups is 1. The number of rotatable bonds is 3. The van der Waals surface area contributed by atoms with E-state index in [1.54, 1.807) is 25.1 Å². The second kappa shape index (κ2) is 4.23. The van der Waals surface area contributed by atoms with Gasteiger partial charge in [-0.05, 0) is 23.8 Å². The van der Waals surface area contributed by atoms with Gasteiger partial charge in [-0.15, -0.1) is 12.6 Å². The summed E-state index contributed by atoms with van der Waals surface area (Å²) < 4.78 is 0. The lowest BCUT2D eigenvalue weighted by Crippen LogP contribution is -1.95. The van der Waals surface area contributed by atoms with Gasteiger partial charge in [-0.25, -0.2) is 0 Å². The number of benzene rings is 1. The molecule has 1 atom stereocenters. The number of carbonyl (C=O) groups is 2. The standard InChI is InChI=1S/C10H10O2S/c1-7(5-11)9-2-8(6-12)3-10(13)4-9/h2-7,13H,1H3. The third-order valence-corrected chi connectivity index (χ3v) is 2.09. The summed E-state index contributed by atoms with van der Waals surface area (Å²) in [4.78, 5) is 21.7. The molecule has 0 spiro atoms. The molecule has 0 aliphatic rings. The first-order valence-electron chi connectivity index (χ1n) is 3.92. The monoisotopic (exact) mass is 194 g/mol. The largest absolute Gasteiger partial charge is 0.303 e. The Bertz CT molecular complexity index is 334. The minimum atomic E-state index is -0.189. The summed E-state index contributed by atoms with van der Waals surface area (Å²) in [6.07, 6.45) is 1.60. The minimum Gasteiger partial charge on any atom is -0.303 e. The molecule has 0 amide bonds. The lowest BCUT2D eigenvalue weighted by molar-refractivity contribution is -0.108. The van der Waals surface area contributed by atoms with Crippen LogP contribution in [0.5, 0.6) is 0 Å². The Labute approximate surface area is 82.4 Å². The molecule has 1 unspecified atom stereocenters. The Morgan fingerprint density at radius 1 is 1.31 bits per heavy atom. The summed E-state index contributed by atoms with van der Waals surface area (Å²) in [6.45, 7) is 1.78. The quantitative estimate of drug-likeness (QED) is 0.590. The van der Waals surface area contributed by atoms with E-state index in [4.69, 9.17) is 0 Å². The van der Waals surface area contributed by atoms with Gasteiger partial charge in [0.1, 0.15) is 12.6 Å². The molecule has 13 heavy (non-hydrogen) atoms. The molecule has 0 heterocycles. The predicted molar refractivity (Wildman–Crippen MR) is 53.6 cm³/mol. The van der Waals surface area contributed by atoms with E-state index < -0.39 is 0 Å². The van der Waals surface area contributed by atoms with Gasteiger partial charge in [0, 0.05) is 16.4 Å². The minimum absolute atomic E-state index is 0.189. The van der Waals surface area contributed by atoms with E-state index in [-0.39, 0.29) is 5.92 Å². The lowest BCUT2D eigenvalue weighted by atomic mass is 10.0. The molecular formula is C10H10O2S. The Morgan fingerprint density at radius 2 is 2.00 bits per heavy atom. The Morgan fingerprint density at radius 3 is 2.54 bits per heavy atom. The lowest BCUT2D eigenvalue weighted by Gasteiger charge is -2.05. The van der Waals surface area contributed by atoms with Gasteiger partial charge in [0.15, 0.2) is 0 Å². The second-order valence-corrected chi connectivity index (χ2v) is 3.42. The highest BCUT2D eigenvalue weighted by molar-refractivity contribution is 7.80. The predicted octanol–water partition coefficient (Wildman–Crippen LogP) is 2.09. The van der Waals surface area contributed by atoms with Gasteiger partial charge in [-0.2, -0.15) is 0 Å². The fourth-order valence-corrected chi connectivity index (χ4v) is 1.37. The average Bonchev–Trinajstić information content (AvgIpc) is 2.15. The summed E-state index contributed by atoms with van der Waals surface area (Å²) in [5.41, 5.74) is 1.38. The number of aldehydes is 2. The van der Waals surface area contributed by atoms with Gasteiger partial charge < -0.3 is 4.79 Å². The maximum atomic E-state index is 10.5. The van der Waals surface area contributed by atoms with E-state index in [2.05, 4.69) is 12.6 Å². The summed E-state index contributed by atoms with van der Waals surface area (Å²) in [7, 11) is 0. The molecule has 3 heteroatoms. The molecular weight excluding hydrogens is 184 g/mol. The van der Waals surface area contributed by atoms with Crippen molar-refractivity contribution in [2.75, 3.05) is 0 Å². The smallest absolute Gasteiger partial charge is 0.150 e.